The van der Waals surface area contributed by atoms with Crippen molar-refractivity contribution in [3.8, 4) is 0 Å². The molecule has 0 aliphatic carbocycles. The van der Waals surface area contributed by atoms with Crippen LogP contribution in [-0.2, 0) is 15.6 Å². The molecule has 0 atom stereocenters. The number of amides is 2. The van der Waals surface area contributed by atoms with E-state index in [0.29, 0.717) is 21.2 Å². The van der Waals surface area contributed by atoms with Crippen LogP contribution in [0.25, 0.3) is 0 Å². The van der Waals surface area contributed by atoms with E-state index in [0.717, 1.165) is 6.26 Å². The minimum Gasteiger partial charge on any atom is -0.267 e. The summed E-state index contributed by atoms with van der Waals surface area (Å²) in [5.74, 6) is -1.04. The normalized spacial score (nSPS) is 10.9. The van der Waals surface area contributed by atoms with E-state index in [2.05, 4.69) is 26.8 Å². The summed E-state index contributed by atoms with van der Waals surface area (Å²) in [6.45, 7) is 0. The average Bonchev–Trinajstić information content (AvgIpc) is 2.52. The fraction of sp³-hybridized carbons (Fsp3) is 0.125. The van der Waals surface area contributed by atoms with Gasteiger partial charge < -0.3 is 0 Å². The molecule has 24 heavy (non-hydrogen) atoms. The van der Waals surface area contributed by atoms with Crippen molar-refractivity contribution in [1.29, 1.82) is 0 Å². The zero-order valence-corrected chi connectivity index (χ0v) is 15.1. The smallest absolute Gasteiger partial charge is 0.267 e. The summed E-state index contributed by atoms with van der Waals surface area (Å²) in [4.78, 5) is 24.0. The topological polar surface area (TPSA) is 92.3 Å². The minimum absolute atomic E-state index is 0.0896. The van der Waals surface area contributed by atoms with Crippen molar-refractivity contribution in [2.24, 2.45) is 0 Å². The van der Waals surface area contributed by atoms with Crippen LogP contribution < -0.4 is 10.9 Å². The number of halogens is 1. The van der Waals surface area contributed by atoms with E-state index in [4.69, 9.17) is 0 Å². The first-order chi connectivity index (χ1) is 11.3. The minimum atomic E-state index is -3.13. The molecule has 126 valence electrons. The third-order valence-corrected chi connectivity index (χ3v) is 4.60. The van der Waals surface area contributed by atoms with Gasteiger partial charge in [-0.05, 0) is 45.8 Å². The SMILES string of the molecule is CS(=O)(=O)Cc1ccc(C(=O)NNC(=O)c2ccccc2Br)cc1. The van der Waals surface area contributed by atoms with Crippen molar-refractivity contribution in [3.05, 3.63) is 69.7 Å². The maximum Gasteiger partial charge on any atom is 0.270 e. The van der Waals surface area contributed by atoms with E-state index in [1.54, 1.807) is 36.4 Å². The van der Waals surface area contributed by atoms with Crippen molar-refractivity contribution >= 4 is 37.6 Å². The number of carbonyl (C=O) groups is 2. The van der Waals surface area contributed by atoms with Gasteiger partial charge in [0.05, 0.1) is 11.3 Å². The molecule has 0 bridgehead atoms. The van der Waals surface area contributed by atoms with E-state index in [1.165, 1.54) is 12.1 Å². The molecule has 8 heteroatoms. The Labute approximate surface area is 148 Å². The lowest BCUT2D eigenvalue weighted by Gasteiger charge is -2.09. The Balaban J connectivity index is 1.98. The van der Waals surface area contributed by atoms with E-state index >= 15 is 0 Å². The van der Waals surface area contributed by atoms with Gasteiger partial charge in [-0.2, -0.15) is 0 Å². The van der Waals surface area contributed by atoms with Gasteiger partial charge >= 0.3 is 0 Å². The number of carbonyl (C=O) groups excluding carboxylic acids is 2. The van der Waals surface area contributed by atoms with Crippen LogP contribution in [0, 0.1) is 0 Å². The highest BCUT2D eigenvalue weighted by Gasteiger charge is 2.12. The molecule has 0 radical (unpaired) electrons. The van der Waals surface area contributed by atoms with E-state index < -0.39 is 21.7 Å². The van der Waals surface area contributed by atoms with Gasteiger partial charge in [-0.25, -0.2) is 8.42 Å². The van der Waals surface area contributed by atoms with Crippen LogP contribution >= 0.6 is 15.9 Å². The monoisotopic (exact) mass is 410 g/mol. The molecule has 2 amide bonds. The van der Waals surface area contributed by atoms with Crippen molar-refractivity contribution in [2.45, 2.75) is 5.75 Å². The summed E-state index contributed by atoms with van der Waals surface area (Å²) in [6.07, 6.45) is 1.14. The van der Waals surface area contributed by atoms with Gasteiger partial charge in [0, 0.05) is 16.3 Å². The van der Waals surface area contributed by atoms with Gasteiger partial charge in [-0.1, -0.05) is 24.3 Å². The lowest BCUT2D eigenvalue weighted by atomic mass is 10.1. The number of hydrogen-bond acceptors (Lipinski definition) is 4. The predicted molar refractivity (Wildman–Crippen MR) is 94.1 cm³/mol. The first kappa shape index (κ1) is 18.2. The Bertz CT molecular complexity index is 864. The second kappa shape index (κ2) is 7.59. The molecule has 0 saturated carbocycles. The largest absolute Gasteiger partial charge is 0.270 e. The molecule has 2 aromatic rings. The number of rotatable bonds is 4. The number of benzene rings is 2. The number of sulfone groups is 1. The highest BCUT2D eigenvalue weighted by molar-refractivity contribution is 9.10. The molecule has 0 aliphatic rings. The van der Waals surface area contributed by atoms with Crippen molar-refractivity contribution in [1.82, 2.24) is 10.9 Å². The van der Waals surface area contributed by atoms with Gasteiger partial charge in [0.25, 0.3) is 11.8 Å². The molecular formula is C16H15BrN2O4S. The van der Waals surface area contributed by atoms with Gasteiger partial charge in [-0.15, -0.1) is 0 Å². The first-order valence-corrected chi connectivity index (χ1v) is 9.73. The highest BCUT2D eigenvalue weighted by Crippen LogP contribution is 2.15. The maximum absolute atomic E-state index is 12.0. The van der Waals surface area contributed by atoms with Crippen molar-refractivity contribution < 1.29 is 18.0 Å². The molecule has 0 saturated heterocycles. The first-order valence-electron chi connectivity index (χ1n) is 6.88. The summed E-state index contributed by atoms with van der Waals surface area (Å²) in [7, 11) is -3.13. The molecule has 0 fully saturated rings. The summed E-state index contributed by atoms with van der Waals surface area (Å²) in [5.41, 5.74) is 5.93. The van der Waals surface area contributed by atoms with Crippen LogP contribution in [-0.4, -0.2) is 26.5 Å². The lowest BCUT2D eigenvalue weighted by Crippen LogP contribution is -2.41. The Morgan fingerprint density at radius 2 is 1.54 bits per heavy atom. The average molecular weight is 411 g/mol. The van der Waals surface area contributed by atoms with Crippen LogP contribution in [0.5, 0.6) is 0 Å². The molecule has 6 nitrogen and oxygen atoms in total. The Morgan fingerprint density at radius 1 is 0.958 bits per heavy atom. The molecule has 2 aromatic carbocycles. The van der Waals surface area contributed by atoms with E-state index in [9.17, 15) is 18.0 Å². The van der Waals surface area contributed by atoms with Crippen LogP contribution in [0.3, 0.4) is 0 Å². The van der Waals surface area contributed by atoms with Crippen molar-refractivity contribution in [3.63, 3.8) is 0 Å². The summed E-state index contributed by atoms with van der Waals surface area (Å²) in [6, 6.07) is 12.9. The second-order valence-electron chi connectivity index (χ2n) is 5.16. The summed E-state index contributed by atoms with van der Waals surface area (Å²) < 4.78 is 23.1. The van der Waals surface area contributed by atoms with Crippen molar-refractivity contribution in [2.75, 3.05) is 6.26 Å². The number of nitrogens with one attached hydrogen (secondary N) is 2. The maximum atomic E-state index is 12.0. The third-order valence-electron chi connectivity index (χ3n) is 3.05. The highest BCUT2D eigenvalue weighted by atomic mass is 79.9. The van der Waals surface area contributed by atoms with Crippen LogP contribution in [0.1, 0.15) is 26.3 Å². The molecule has 2 rings (SSSR count). The Morgan fingerprint density at radius 3 is 2.12 bits per heavy atom. The Kier molecular flexibility index (Phi) is 5.74. The standard InChI is InChI=1S/C16H15BrN2O4S/c1-24(22,23)10-11-6-8-12(9-7-11)15(20)18-19-16(21)13-4-2-3-5-14(13)17/h2-9H,10H2,1H3,(H,18,20)(H,19,21). The van der Waals surface area contributed by atoms with Gasteiger partial charge in [0.1, 0.15) is 0 Å². The van der Waals surface area contributed by atoms with E-state index in [1.807, 2.05) is 0 Å². The Hall–Kier alpha value is -2.19. The molecule has 0 unspecified atom stereocenters. The van der Waals surface area contributed by atoms with E-state index in [-0.39, 0.29) is 5.75 Å². The quantitative estimate of drug-likeness (QED) is 0.754. The summed E-state index contributed by atoms with van der Waals surface area (Å²) >= 11 is 3.26. The van der Waals surface area contributed by atoms with Gasteiger partial charge in [0.2, 0.25) is 0 Å². The molecule has 0 aliphatic heterocycles. The molecule has 0 heterocycles. The molecule has 0 aromatic heterocycles. The fourth-order valence-electron chi connectivity index (χ4n) is 1.95. The molecular weight excluding hydrogens is 396 g/mol. The predicted octanol–water partition coefficient (Wildman–Crippen LogP) is 2.07. The van der Waals surface area contributed by atoms with Crippen LogP contribution in [0.2, 0.25) is 0 Å². The summed E-state index contributed by atoms with van der Waals surface area (Å²) in [5, 5.41) is 0. The second-order valence-corrected chi connectivity index (χ2v) is 8.15. The van der Waals surface area contributed by atoms with Crippen LogP contribution in [0.4, 0.5) is 0 Å². The third kappa shape index (κ3) is 5.17. The molecule has 2 N–H and O–H groups in total. The molecule has 0 spiro atoms. The fourth-order valence-corrected chi connectivity index (χ4v) is 3.22. The van der Waals surface area contributed by atoms with Gasteiger partial charge in [0.15, 0.2) is 9.84 Å². The van der Waals surface area contributed by atoms with Crippen LogP contribution in [0.15, 0.2) is 53.0 Å². The zero-order chi connectivity index (χ0) is 17.7. The zero-order valence-electron chi connectivity index (χ0n) is 12.7. The lowest BCUT2D eigenvalue weighted by molar-refractivity contribution is 0.0846. The number of hydrazine groups is 1. The van der Waals surface area contributed by atoms with Gasteiger partial charge in [-0.3, -0.25) is 20.4 Å². The number of hydrogen-bond donors (Lipinski definition) is 2.